The minimum absolute atomic E-state index is 0.332. The largest absolute Gasteiger partial charge is 0.389 e. The smallest absolute Gasteiger partial charge is 0.0947 e. The van der Waals surface area contributed by atoms with E-state index in [2.05, 4.69) is 20.9 Å². The van der Waals surface area contributed by atoms with Crippen molar-refractivity contribution in [2.45, 2.75) is 6.10 Å². The molecule has 5 heteroatoms. The third kappa shape index (κ3) is 3.43. The van der Waals surface area contributed by atoms with Crippen LogP contribution in [-0.2, 0) is 4.74 Å². The van der Waals surface area contributed by atoms with Crippen molar-refractivity contribution in [1.29, 1.82) is 0 Å². The second-order valence-electron chi connectivity index (χ2n) is 4.48. The maximum atomic E-state index is 9.81. The fourth-order valence-electron chi connectivity index (χ4n) is 2.10. The van der Waals surface area contributed by atoms with E-state index in [1.165, 1.54) is 0 Å². The lowest BCUT2D eigenvalue weighted by Gasteiger charge is -2.23. The Morgan fingerprint density at radius 3 is 2.95 bits per heavy atom. The Kier molecular flexibility index (Phi) is 4.74. The summed E-state index contributed by atoms with van der Waals surface area (Å²) in [6.45, 7) is 0.849. The second-order valence-corrected chi connectivity index (χ2v) is 5.40. The summed E-state index contributed by atoms with van der Waals surface area (Å²) in [5.41, 5.74) is 1.98. The van der Waals surface area contributed by atoms with E-state index in [0.29, 0.717) is 13.2 Å². The van der Waals surface area contributed by atoms with Gasteiger partial charge in [0.1, 0.15) is 0 Å². The SMILES string of the molecule is COC[C@H](O)CN(C)c1ccnc2cc(Br)ccc12. The summed E-state index contributed by atoms with van der Waals surface area (Å²) < 4.78 is 5.95. The molecule has 19 heavy (non-hydrogen) atoms. The molecule has 0 amide bonds. The minimum atomic E-state index is -0.506. The van der Waals surface area contributed by atoms with Crippen LogP contribution in [0.5, 0.6) is 0 Å². The van der Waals surface area contributed by atoms with Crippen LogP contribution in [0.4, 0.5) is 5.69 Å². The van der Waals surface area contributed by atoms with Crippen LogP contribution in [0.25, 0.3) is 10.9 Å². The van der Waals surface area contributed by atoms with Gasteiger partial charge in [0, 0.05) is 42.4 Å². The van der Waals surface area contributed by atoms with Gasteiger partial charge in [-0.25, -0.2) is 0 Å². The molecule has 0 aliphatic rings. The Labute approximate surface area is 121 Å². The molecule has 1 aromatic heterocycles. The van der Waals surface area contributed by atoms with Gasteiger partial charge in [-0.2, -0.15) is 0 Å². The van der Waals surface area contributed by atoms with Gasteiger partial charge in [-0.05, 0) is 24.3 Å². The van der Waals surface area contributed by atoms with Gasteiger partial charge < -0.3 is 14.7 Å². The zero-order valence-electron chi connectivity index (χ0n) is 11.0. The standard InChI is InChI=1S/C14H17BrN2O2/c1-17(8-11(18)9-19-2)14-5-6-16-13-7-10(15)3-4-12(13)14/h3-7,11,18H,8-9H2,1-2H3/t11-/m1/s1. The summed E-state index contributed by atoms with van der Waals surface area (Å²) in [6.07, 6.45) is 1.28. The van der Waals surface area contributed by atoms with E-state index >= 15 is 0 Å². The second kappa shape index (κ2) is 6.32. The fraction of sp³-hybridized carbons (Fsp3) is 0.357. The molecule has 1 heterocycles. The van der Waals surface area contributed by atoms with Crippen LogP contribution in [0.15, 0.2) is 34.9 Å². The van der Waals surface area contributed by atoms with Crippen LogP contribution in [0.2, 0.25) is 0 Å². The Hall–Kier alpha value is -1.17. The number of benzene rings is 1. The first-order valence-electron chi connectivity index (χ1n) is 6.04. The van der Waals surface area contributed by atoms with Crippen molar-refractivity contribution in [1.82, 2.24) is 4.98 Å². The number of nitrogens with zero attached hydrogens (tertiary/aromatic N) is 2. The van der Waals surface area contributed by atoms with E-state index in [4.69, 9.17) is 4.74 Å². The molecule has 102 valence electrons. The van der Waals surface area contributed by atoms with E-state index in [-0.39, 0.29) is 0 Å². The van der Waals surface area contributed by atoms with Crippen LogP contribution < -0.4 is 4.90 Å². The number of methoxy groups -OCH3 is 1. The molecule has 0 spiro atoms. The molecule has 0 aliphatic heterocycles. The average Bonchev–Trinajstić information content (AvgIpc) is 2.37. The number of hydrogen-bond donors (Lipinski definition) is 1. The predicted molar refractivity (Wildman–Crippen MR) is 80.6 cm³/mol. The van der Waals surface area contributed by atoms with Gasteiger partial charge in [0.15, 0.2) is 0 Å². The first kappa shape index (κ1) is 14.2. The first-order chi connectivity index (χ1) is 9.11. The Morgan fingerprint density at radius 2 is 2.21 bits per heavy atom. The van der Waals surface area contributed by atoms with Crippen LogP contribution in [-0.4, -0.2) is 43.5 Å². The number of rotatable bonds is 5. The van der Waals surface area contributed by atoms with Gasteiger partial charge >= 0.3 is 0 Å². The van der Waals surface area contributed by atoms with Crippen LogP contribution in [0.1, 0.15) is 0 Å². The van der Waals surface area contributed by atoms with E-state index in [0.717, 1.165) is 21.1 Å². The fourth-order valence-corrected chi connectivity index (χ4v) is 2.45. The lowest BCUT2D eigenvalue weighted by Crippen LogP contribution is -2.31. The van der Waals surface area contributed by atoms with Gasteiger partial charge in [0.2, 0.25) is 0 Å². The van der Waals surface area contributed by atoms with Crippen LogP contribution >= 0.6 is 15.9 Å². The number of aliphatic hydroxyl groups is 1. The number of hydrogen-bond acceptors (Lipinski definition) is 4. The number of pyridine rings is 1. The molecule has 0 aliphatic carbocycles. The number of likely N-dealkylation sites (N-methyl/N-ethyl adjacent to an activating group) is 1. The van der Waals surface area contributed by atoms with Gasteiger partial charge in [0.05, 0.1) is 18.2 Å². The van der Waals surface area contributed by atoms with Crippen molar-refractivity contribution < 1.29 is 9.84 Å². The van der Waals surface area contributed by atoms with Crippen LogP contribution in [0.3, 0.4) is 0 Å². The van der Waals surface area contributed by atoms with Gasteiger partial charge in [0.25, 0.3) is 0 Å². The molecular weight excluding hydrogens is 308 g/mol. The number of ether oxygens (including phenoxy) is 1. The summed E-state index contributed by atoms with van der Waals surface area (Å²) in [5, 5.41) is 10.9. The summed E-state index contributed by atoms with van der Waals surface area (Å²) in [5.74, 6) is 0. The number of anilines is 1. The highest BCUT2D eigenvalue weighted by Gasteiger charge is 2.11. The lowest BCUT2D eigenvalue weighted by molar-refractivity contribution is 0.0695. The van der Waals surface area contributed by atoms with E-state index in [9.17, 15) is 5.11 Å². The lowest BCUT2D eigenvalue weighted by atomic mass is 10.1. The Bertz CT molecular complexity index is 562. The number of aromatic nitrogens is 1. The highest BCUT2D eigenvalue weighted by Crippen LogP contribution is 2.26. The summed E-state index contributed by atoms with van der Waals surface area (Å²) in [7, 11) is 3.54. The molecule has 0 bridgehead atoms. The first-order valence-corrected chi connectivity index (χ1v) is 6.83. The molecule has 0 radical (unpaired) electrons. The Morgan fingerprint density at radius 1 is 1.42 bits per heavy atom. The average molecular weight is 325 g/mol. The van der Waals surface area contributed by atoms with Gasteiger partial charge in [-0.1, -0.05) is 15.9 Å². The zero-order chi connectivity index (χ0) is 13.8. The normalized spacial score (nSPS) is 12.6. The molecule has 1 N–H and O–H groups in total. The van der Waals surface area contributed by atoms with Gasteiger partial charge in [-0.15, -0.1) is 0 Å². The van der Waals surface area contributed by atoms with Crippen molar-refractivity contribution in [3.63, 3.8) is 0 Å². The molecule has 2 aromatic rings. The van der Waals surface area contributed by atoms with Crippen molar-refractivity contribution in [2.75, 3.05) is 32.2 Å². The molecular formula is C14H17BrN2O2. The minimum Gasteiger partial charge on any atom is -0.389 e. The molecule has 0 fully saturated rings. The molecule has 1 aromatic carbocycles. The number of aliphatic hydroxyl groups excluding tert-OH is 1. The maximum absolute atomic E-state index is 9.81. The van der Waals surface area contributed by atoms with Crippen LogP contribution in [0, 0.1) is 0 Å². The third-order valence-electron chi connectivity index (χ3n) is 2.94. The highest BCUT2D eigenvalue weighted by molar-refractivity contribution is 9.10. The topological polar surface area (TPSA) is 45.6 Å². The number of halogens is 1. The van der Waals surface area contributed by atoms with Crippen molar-refractivity contribution >= 4 is 32.5 Å². The summed E-state index contributed by atoms with van der Waals surface area (Å²) in [4.78, 5) is 6.37. The molecule has 2 rings (SSSR count). The van der Waals surface area contributed by atoms with Crippen molar-refractivity contribution in [2.24, 2.45) is 0 Å². The summed E-state index contributed by atoms with van der Waals surface area (Å²) >= 11 is 3.44. The molecule has 0 saturated carbocycles. The highest BCUT2D eigenvalue weighted by atomic mass is 79.9. The zero-order valence-corrected chi connectivity index (χ0v) is 12.6. The number of fused-ring (bicyclic) bond motifs is 1. The van der Waals surface area contributed by atoms with Gasteiger partial charge in [-0.3, -0.25) is 4.98 Å². The third-order valence-corrected chi connectivity index (χ3v) is 3.43. The monoisotopic (exact) mass is 324 g/mol. The van der Waals surface area contributed by atoms with E-state index < -0.39 is 6.10 Å². The van der Waals surface area contributed by atoms with Crippen molar-refractivity contribution in [3.8, 4) is 0 Å². The van der Waals surface area contributed by atoms with E-state index in [1.807, 2.05) is 36.2 Å². The maximum Gasteiger partial charge on any atom is 0.0947 e. The van der Waals surface area contributed by atoms with Crippen molar-refractivity contribution in [3.05, 3.63) is 34.9 Å². The molecule has 1 atom stereocenters. The molecule has 4 nitrogen and oxygen atoms in total. The summed E-state index contributed by atoms with van der Waals surface area (Å²) in [6, 6.07) is 7.96. The molecule has 0 saturated heterocycles. The molecule has 0 unspecified atom stereocenters. The van der Waals surface area contributed by atoms with E-state index in [1.54, 1.807) is 13.3 Å². The predicted octanol–water partition coefficient (Wildman–Crippen LogP) is 2.44. The quantitative estimate of drug-likeness (QED) is 0.917. The Balaban J connectivity index is 2.29.